The van der Waals surface area contributed by atoms with Crippen LogP contribution in [0.5, 0.6) is 0 Å². The van der Waals surface area contributed by atoms with Gasteiger partial charge in [-0.3, -0.25) is 4.79 Å². The molecule has 0 aromatic carbocycles. The van der Waals surface area contributed by atoms with Gasteiger partial charge in [-0.25, -0.2) is 0 Å². The Morgan fingerprint density at radius 3 is 2.50 bits per heavy atom. The lowest BCUT2D eigenvalue weighted by molar-refractivity contribution is -0.146. The Kier molecular flexibility index (Phi) is 5.24. The Hall–Kier alpha value is -0.530. The zero-order valence-electron chi connectivity index (χ0n) is 13.0. The summed E-state index contributed by atoms with van der Waals surface area (Å²) >= 11 is 0. The molecule has 0 bridgehead atoms. The van der Waals surface area contributed by atoms with E-state index < -0.39 is 0 Å². The van der Waals surface area contributed by atoms with Gasteiger partial charge in [-0.15, -0.1) is 0 Å². The van der Waals surface area contributed by atoms with Crippen molar-refractivity contribution in [2.24, 2.45) is 23.2 Å². The molecule has 4 atom stereocenters. The molecule has 2 nitrogen and oxygen atoms in total. The summed E-state index contributed by atoms with van der Waals surface area (Å²) in [5, 5.41) is 0. The highest BCUT2D eigenvalue weighted by Gasteiger charge is 2.44. The van der Waals surface area contributed by atoms with Crippen molar-refractivity contribution in [2.75, 3.05) is 0 Å². The highest BCUT2D eigenvalue weighted by atomic mass is 16.5. The van der Waals surface area contributed by atoms with E-state index in [4.69, 9.17) is 4.74 Å². The van der Waals surface area contributed by atoms with Crippen LogP contribution >= 0.6 is 0 Å². The summed E-state index contributed by atoms with van der Waals surface area (Å²) in [6.07, 6.45) is 4.94. The molecular weight excluding hydrogens is 224 g/mol. The topological polar surface area (TPSA) is 26.3 Å². The summed E-state index contributed by atoms with van der Waals surface area (Å²) < 4.78 is 5.23. The van der Waals surface area contributed by atoms with E-state index in [2.05, 4.69) is 27.7 Å². The van der Waals surface area contributed by atoms with Crippen molar-refractivity contribution in [3.63, 3.8) is 0 Å². The number of hydrogen-bond acceptors (Lipinski definition) is 2. The van der Waals surface area contributed by atoms with Gasteiger partial charge in [0.05, 0.1) is 6.10 Å². The quantitative estimate of drug-likeness (QED) is 0.679. The second-order valence-corrected chi connectivity index (χ2v) is 6.78. The number of esters is 1. The molecule has 1 rings (SSSR count). The second kappa shape index (κ2) is 6.08. The minimum Gasteiger partial charge on any atom is -0.463 e. The Morgan fingerprint density at radius 2 is 2.00 bits per heavy atom. The predicted octanol–water partition coefficient (Wildman–Crippen LogP) is 4.43. The van der Waals surface area contributed by atoms with E-state index >= 15 is 0 Å². The smallest absolute Gasteiger partial charge is 0.302 e. The lowest BCUT2D eigenvalue weighted by Crippen LogP contribution is -2.31. The molecule has 0 saturated heterocycles. The molecule has 2 heteroatoms. The molecule has 106 valence electrons. The fourth-order valence-electron chi connectivity index (χ4n) is 3.66. The average Bonchev–Trinajstić information content (AvgIpc) is 2.53. The molecule has 0 heterocycles. The van der Waals surface area contributed by atoms with Crippen molar-refractivity contribution in [3.8, 4) is 0 Å². The first-order chi connectivity index (χ1) is 8.27. The third-order valence-electron chi connectivity index (χ3n) is 5.24. The van der Waals surface area contributed by atoms with Crippen molar-refractivity contribution >= 4 is 5.97 Å². The molecule has 0 spiro atoms. The summed E-state index contributed by atoms with van der Waals surface area (Å²) in [4.78, 5) is 10.9. The van der Waals surface area contributed by atoms with E-state index in [1.165, 1.54) is 26.2 Å². The van der Waals surface area contributed by atoms with E-state index in [0.717, 1.165) is 24.2 Å². The molecule has 0 aliphatic heterocycles. The summed E-state index contributed by atoms with van der Waals surface area (Å²) in [7, 11) is 0. The van der Waals surface area contributed by atoms with Crippen molar-refractivity contribution < 1.29 is 9.53 Å². The Morgan fingerprint density at radius 1 is 1.39 bits per heavy atom. The summed E-state index contributed by atoms with van der Waals surface area (Å²) in [6.45, 7) is 13.0. The Labute approximate surface area is 112 Å². The molecule has 0 unspecified atom stereocenters. The highest BCUT2D eigenvalue weighted by molar-refractivity contribution is 5.66. The molecule has 0 N–H and O–H groups in total. The molecule has 0 aromatic heterocycles. The lowest BCUT2D eigenvalue weighted by Gasteiger charge is -2.38. The van der Waals surface area contributed by atoms with E-state index in [1.54, 1.807) is 0 Å². The fourth-order valence-corrected chi connectivity index (χ4v) is 3.66. The molecule has 1 saturated carbocycles. The van der Waals surface area contributed by atoms with Crippen molar-refractivity contribution in [1.82, 2.24) is 0 Å². The van der Waals surface area contributed by atoms with Crippen LogP contribution in [0, 0.1) is 23.2 Å². The van der Waals surface area contributed by atoms with Gasteiger partial charge in [0.15, 0.2) is 0 Å². The van der Waals surface area contributed by atoms with Crippen LogP contribution < -0.4 is 0 Å². The maximum absolute atomic E-state index is 10.9. The Balaban J connectivity index is 2.55. The lowest BCUT2D eigenvalue weighted by atomic mass is 9.68. The number of carbonyl (C=O) groups excluding carboxylic acids is 1. The van der Waals surface area contributed by atoms with Crippen molar-refractivity contribution in [3.05, 3.63) is 0 Å². The molecule has 0 aromatic rings. The van der Waals surface area contributed by atoms with Crippen LogP contribution in [0.25, 0.3) is 0 Å². The van der Waals surface area contributed by atoms with Gasteiger partial charge in [-0.1, -0.05) is 27.7 Å². The first-order valence-electron chi connectivity index (χ1n) is 7.44. The molecular formula is C16H30O2. The van der Waals surface area contributed by atoms with Gasteiger partial charge in [0.1, 0.15) is 0 Å². The maximum Gasteiger partial charge on any atom is 0.302 e. The van der Waals surface area contributed by atoms with Gasteiger partial charge >= 0.3 is 5.97 Å². The van der Waals surface area contributed by atoms with Crippen molar-refractivity contribution in [2.45, 2.75) is 73.3 Å². The molecule has 18 heavy (non-hydrogen) atoms. The molecule has 1 aliphatic carbocycles. The minimum atomic E-state index is -0.159. The SMILES string of the molecule is CC(=O)O[C@H](C)CC[C@@H]1[C@@H](C)CC[C@@]1(C)C(C)C. The van der Waals surface area contributed by atoms with Gasteiger partial charge in [0.2, 0.25) is 0 Å². The van der Waals surface area contributed by atoms with Gasteiger partial charge in [-0.05, 0) is 55.8 Å². The van der Waals surface area contributed by atoms with Gasteiger partial charge in [0, 0.05) is 6.92 Å². The third-order valence-corrected chi connectivity index (χ3v) is 5.24. The van der Waals surface area contributed by atoms with E-state index in [-0.39, 0.29) is 12.1 Å². The number of rotatable bonds is 5. The normalized spacial score (nSPS) is 33.7. The van der Waals surface area contributed by atoms with E-state index in [1.807, 2.05) is 6.92 Å². The summed E-state index contributed by atoms with van der Waals surface area (Å²) in [6, 6.07) is 0. The minimum absolute atomic E-state index is 0.0618. The van der Waals surface area contributed by atoms with E-state index in [9.17, 15) is 4.79 Å². The number of hydrogen-bond donors (Lipinski definition) is 0. The van der Waals surface area contributed by atoms with Crippen LogP contribution in [0.2, 0.25) is 0 Å². The van der Waals surface area contributed by atoms with Crippen LogP contribution in [0.1, 0.15) is 67.2 Å². The largest absolute Gasteiger partial charge is 0.463 e. The van der Waals surface area contributed by atoms with Gasteiger partial charge in [0.25, 0.3) is 0 Å². The summed E-state index contributed by atoms with van der Waals surface area (Å²) in [5.74, 6) is 2.16. The van der Waals surface area contributed by atoms with Crippen LogP contribution in [-0.4, -0.2) is 12.1 Å². The molecule has 0 radical (unpaired) electrons. The molecule has 0 amide bonds. The zero-order chi connectivity index (χ0) is 13.9. The number of ether oxygens (including phenoxy) is 1. The first-order valence-corrected chi connectivity index (χ1v) is 7.44. The average molecular weight is 254 g/mol. The monoisotopic (exact) mass is 254 g/mol. The zero-order valence-corrected chi connectivity index (χ0v) is 13.0. The van der Waals surface area contributed by atoms with Crippen LogP contribution in [0.15, 0.2) is 0 Å². The highest BCUT2D eigenvalue weighted by Crippen LogP contribution is 2.53. The van der Waals surface area contributed by atoms with E-state index in [0.29, 0.717) is 5.41 Å². The Bertz CT molecular complexity index is 285. The third kappa shape index (κ3) is 3.49. The van der Waals surface area contributed by atoms with Gasteiger partial charge < -0.3 is 4.74 Å². The van der Waals surface area contributed by atoms with Crippen molar-refractivity contribution in [1.29, 1.82) is 0 Å². The standard InChI is InChI=1S/C16H30O2/c1-11(2)16(6)10-9-12(3)15(16)8-7-13(4)18-14(5)17/h11-13,15H,7-10H2,1-6H3/t12-,13+,15+,16-/m0/s1. The van der Waals surface area contributed by atoms with Gasteiger partial charge in [-0.2, -0.15) is 0 Å². The predicted molar refractivity (Wildman–Crippen MR) is 75.3 cm³/mol. The fraction of sp³-hybridized carbons (Fsp3) is 0.938. The van der Waals surface area contributed by atoms with Crippen LogP contribution in [-0.2, 0) is 9.53 Å². The molecule has 1 aliphatic rings. The van der Waals surface area contributed by atoms with Crippen LogP contribution in [0.4, 0.5) is 0 Å². The molecule has 1 fully saturated rings. The number of carbonyl (C=O) groups is 1. The summed E-state index contributed by atoms with van der Waals surface area (Å²) in [5.41, 5.74) is 0.468. The second-order valence-electron chi connectivity index (χ2n) is 6.78. The van der Waals surface area contributed by atoms with Crippen LogP contribution in [0.3, 0.4) is 0 Å². The maximum atomic E-state index is 10.9. The first kappa shape index (κ1) is 15.5.